The maximum absolute atomic E-state index is 12.2. The van der Waals surface area contributed by atoms with Crippen molar-refractivity contribution in [1.29, 1.82) is 0 Å². The van der Waals surface area contributed by atoms with Gasteiger partial charge in [0.05, 0.1) is 0 Å². The van der Waals surface area contributed by atoms with E-state index in [1.807, 2.05) is 4.90 Å². The van der Waals surface area contributed by atoms with E-state index >= 15 is 0 Å². The fourth-order valence-electron chi connectivity index (χ4n) is 3.59. The highest BCUT2D eigenvalue weighted by Crippen LogP contribution is 2.33. The Kier molecular flexibility index (Phi) is 3.19. The number of hydrogen-bond donors (Lipinski definition) is 1. The fraction of sp³-hybridized carbons (Fsp3) is 0.786. The monoisotopic (exact) mass is 234 g/mol. The van der Waals surface area contributed by atoms with Crippen LogP contribution in [0.3, 0.4) is 0 Å². The zero-order valence-electron chi connectivity index (χ0n) is 10.4. The minimum atomic E-state index is 0.376. The van der Waals surface area contributed by atoms with Crippen molar-refractivity contribution in [3.63, 3.8) is 0 Å². The predicted molar refractivity (Wildman–Crippen MR) is 67.6 cm³/mol. The quantitative estimate of drug-likeness (QED) is 0.738. The van der Waals surface area contributed by atoms with Crippen molar-refractivity contribution in [2.24, 2.45) is 5.92 Å². The first kappa shape index (κ1) is 11.3. The Hall–Kier alpha value is -0.830. The first-order chi connectivity index (χ1) is 8.31. The first-order valence-electron chi connectivity index (χ1n) is 7.00. The summed E-state index contributed by atoms with van der Waals surface area (Å²) < 4.78 is 0. The molecule has 2 saturated heterocycles. The molecular formula is C14H22N2O. The van der Waals surface area contributed by atoms with Gasteiger partial charge in [-0.05, 0) is 38.0 Å². The van der Waals surface area contributed by atoms with Gasteiger partial charge in [-0.1, -0.05) is 12.2 Å². The van der Waals surface area contributed by atoms with Crippen LogP contribution in [-0.2, 0) is 4.79 Å². The number of fused-ring (bicyclic) bond motifs is 2. The van der Waals surface area contributed by atoms with Gasteiger partial charge in [0.1, 0.15) is 0 Å². The van der Waals surface area contributed by atoms with Crippen LogP contribution in [0.5, 0.6) is 0 Å². The van der Waals surface area contributed by atoms with Crippen LogP contribution in [0.1, 0.15) is 38.5 Å². The summed E-state index contributed by atoms with van der Waals surface area (Å²) in [6.45, 7) is 1.75. The zero-order chi connectivity index (χ0) is 11.7. The Bertz CT molecular complexity index is 314. The first-order valence-corrected chi connectivity index (χ1v) is 7.00. The van der Waals surface area contributed by atoms with Crippen molar-refractivity contribution in [3.8, 4) is 0 Å². The van der Waals surface area contributed by atoms with E-state index in [4.69, 9.17) is 0 Å². The topological polar surface area (TPSA) is 32.3 Å². The molecule has 3 heteroatoms. The Morgan fingerprint density at radius 2 is 2.00 bits per heavy atom. The maximum Gasteiger partial charge on any atom is 0.223 e. The van der Waals surface area contributed by atoms with Crippen molar-refractivity contribution >= 4 is 5.91 Å². The Labute approximate surface area is 103 Å². The van der Waals surface area contributed by atoms with Crippen molar-refractivity contribution in [3.05, 3.63) is 12.2 Å². The molecule has 3 aliphatic heterocycles. The van der Waals surface area contributed by atoms with Crippen LogP contribution in [0.15, 0.2) is 12.2 Å². The van der Waals surface area contributed by atoms with Gasteiger partial charge in [0, 0.05) is 31.6 Å². The molecule has 2 unspecified atom stereocenters. The molecule has 2 atom stereocenters. The van der Waals surface area contributed by atoms with Gasteiger partial charge >= 0.3 is 0 Å². The third kappa shape index (κ3) is 2.54. The third-order valence-corrected chi connectivity index (χ3v) is 4.44. The molecule has 1 N–H and O–H groups in total. The van der Waals surface area contributed by atoms with Crippen molar-refractivity contribution in [1.82, 2.24) is 10.2 Å². The van der Waals surface area contributed by atoms with Gasteiger partial charge in [-0.3, -0.25) is 4.79 Å². The van der Waals surface area contributed by atoms with Gasteiger partial charge in [-0.15, -0.1) is 0 Å². The lowest BCUT2D eigenvalue weighted by molar-refractivity contribution is -0.132. The van der Waals surface area contributed by atoms with E-state index in [1.165, 1.54) is 25.7 Å². The molecule has 3 heterocycles. The van der Waals surface area contributed by atoms with E-state index in [0.717, 1.165) is 25.9 Å². The molecule has 3 aliphatic rings. The molecule has 3 rings (SSSR count). The lowest BCUT2D eigenvalue weighted by Gasteiger charge is -2.31. The number of amides is 1. The summed E-state index contributed by atoms with van der Waals surface area (Å²) >= 11 is 0. The molecule has 0 aromatic heterocycles. The lowest BCUT2D eigenvalue weighted by Crippen LogP contribution is -2.41. The molecule has 0 saturated carbocycles. The molecule has 0 aromatic carbocycles. The second-order valence-electron chi connectivity index (χ2n) is 5.78. The molecule has 17 heavy (non-hydrogen) atoms. The van der Waals surface area contributed by atoms with E-state index in [-0.39, 0.29) is 0 Å². The Balaban J connectivity index is 1.52. The smallest absolute Gasteiger partial charge is 0.223 e. The summed E-state index contributed by atoms with van der Waals surface area (Å²) in [5, 5.41) is 3.64. The molecule has 3 nitrogen and oxygen atoms in total. The second-order valence-corrected chi connectivity index (χ2v) is 5.78. The highest BCUT2D eigenvalue weighted by atomic mass is 16.2. The van der Waals surface area contributed by atoms with Gasteiger partial charge in [-0.2, -0.15) is 0 Å². The summed E-state index contributed by atoms with van der Waals surface area (Å²) in [4.78, 5) is 14.2. The number of carbonyl (C=O) groups excluding carboxylic acids is 1. The van der Waals surface area contributed by atoms with Crippen LogP contribution in [0, 0.1) is 5.92 Å². The van der Waals surface area contributed by atoms with Crippen molar-refractivity contribution < 1.29 is 4.79 Å². The summed E-state index contributed by atoms with van der Waals surface area (Å²) in [5.74, 6) is 1.01. The van der Waals surface area contributed by atoms with E-state index in [0.29, 0.717) is 23.9 Å². The van der Waals surface area contributed by atoms with Gasteiger partial charge in [0.15, 0.2) is 0 Å². The highest BCUT2D eigenvalue weighted by molar-refractivity contribution is 5.76. The summed E-state index contributed by atoms with van der Waals surface area (Å²) in [6.07, 6.45) is 11.2. The zero-order valence-corrected chi connectivity index (χ0v) is 10.4. The number of nitrogens with one attached hydrogen (secondary N) is 1. The summed E-state index contributed by atoms with van der Waals surface area (Å²) in [5.41, 5.74) is 0. The van der Waals surface area contributed by atoms with Crippen LogP contribution in [-0.4, -0.2) is 36.0 Å². The van der Waals surface area contributed by atoms with Crippen LogP contribution < -0.4 is 5.32 Å². The molecule has 0 aromatic rings. The lowest BCUT2D eigenvalue weighted by atomic mass is 9.89. The van der Waals surface area contributed by atoms with E-state index in [2.05, 4.69) is 17.5 Å². The average molecular weight is 234 g/mol. The molecule has 0 radical (unpaired) electrons. The molecule has 1 amide bonds. The SMILES string of the molecule is O=C(CC1CC2CCC(C1)N2)N1CC=CCC1. The van der Waals surface area contributed by atoms with E-state index in [9.17, 15) is 4.79 Å². The average Bonchev–Trinajstić information content (AvgIpc) is 2.70. The van der Waals surface area contributed by atoms with Gasteiger partial charge in [0.2, 0.25) is 5.91 Å². The number of rotatable bonds is 2. The summed E-state index contributed by atoms with van der Waals surface area (Å²) in [7, 11) is 0. The highest BCUT2D eigenvalue weighted by Gasteiger charge is 2.34. The normalized spacial score (nSPS) is 36.2. The molecule has 2 bridgehead atoms. The van der Waals surface area contributed by atoms with Gasteiger partial charge in [-0.25, -0.2) is 0 Å². The van der Waals surface area contributed by atoms with Crippen LogP contribution in [0.25, 0.3) is 0 Å². The minimum absolute atomic E-state index is 0.376. The Morgan fingerprint density at radius 1 is 1.24 bits per heavy atom. The Morgan fingerprint density at radius 3 is 2.65 bits per heavy atom. The van der Waals surface area contributed by atoms with E-state index < -0.39 is 0 Å². The van der Waals surface area contributed by atoms with Gasteiger partial charge < -0.3 is 10.2 Å². The molecule has 0 aliphatic carbocycles. The number of carbonyl (C=O) groups is 1. The third-order valence-electron chi connectivity index (χ3n) is 4.44. The number of piperidine rings is 1. The van der Waals surface area contributed by atoms with Crippen molar-refractivity contribution in [2.45, 2.75) is 50.6 Å². The van der Waals surface area contributed by atoms with Crippen LogP contribution in [0.2, 0.25) is 0 Å². The summed E-state index contributed by atoms with van der Waals surface area (Å²) in [6, 6.07) is 1.40. The number of nitrogens with zero attached hydrogens (tertiary/aromatic N) is 1. The maximum atomic E-state index is 12.2. The molecule has 0 spiro atoms. The fourth-order valence-corrected chi connectivity index (χ4v) is 3.59. The second kappa shape index (κ2) is 4.81. The minimum Gasteiger partial charge on any atom is -0.339 e. The van der Waals surface area contributed by atoms with Crippen LogP contribution in [0.4, 0.5) is 0 Å². The van der Waals surface area contributed by atoms with E-state index in [1.54, 1.807) is 0 Å². The molecule has 94 valence electrons. The van der Waals surface area contributed by atoms with Crippen LogP contribution >= 0.6 is 0 Å². The largest absolute Gasteiger partial charge is 0.339 e. The molecule has 2 fully saturated rings. The molecular weight excluding hydrogens is 212 g/mol. The number of hydrogen-bond acceptors (Lipinski definition) is 2. The predicted octanol–water partition coefficient (Wildman–Crippen LogP) is 1.70. The standard InChI is InChI=1S/C14H22N2O/c17-14(16-6-2-1-3-7-16)10-11-8-12-4-5-13(9-11)15-12/h1-2,11-13,15H,3-10H2. The van der Waals surface area contributed by atoms with Crippen molar-refractivity contribution in [2.75, 3.05) is 13.1 Å². The van der Waals surface area contributed by atoms with Gasteiger partial charge in [0.25, 0.3) is 0 Å².